The minimum Gasteiger partial charge on any atom is -0.456 e. The Hall–Kier alpha value is -4.10. The molecular weight excluding hydrogens is 388 g/mol. The van der Waals surface area contributed by atoms with Gasteiger partial charge in [0, 0.05) is 10.8 Å². The van der Waals surface area contributed by atoms with Gasteiger partial charge in [-0.2, -0.15) is 0 Å². The fourth-order valence-corrected chi connectivity index (χ4v) is 4.36. The molecule has 0 bridgehead atoms. The average molecular weight is 411 g/mol. The number of benzene rings is 5. The smallest absolute Gasteiger partial charge is 0.136 e. The summed E-state index contributed by atoms with van der Waals surface area (Å²) >= 11 is 0. The molecule has 0 N–H and O–H groups in total. The molecule has 0 amide bonds. The molecule has 0 saturated heterocycles. The van der Waals surface area contributed by atoms with Crippen molar-refractivity contribution < 1.29 is 4.42 Å². The SMILES string of the molecule is Cc1ccc(-c2ccc(-c3ccc(-c4ccc5c(c4)oc4ccccc45)cc3)cc2)cc1. The van der Waals surface area contributed by atoms with Crippen molar-refractivity contribution in [2.75, 3.05) is 0 Å². The van der Waals surface area contributed by atoms with Crippen molar-refractivity contribution in [3.05, 3.63) is 121 Å². The summed E-state index contributed by atoms with van der Waals surface area (Å²) in [6.07, 6.45) is 0. The number of para-hydroxylation sites is 1. The Morgan fingerprint density at radius 2 is 0.844 bits per heavy atom. The topological polar surface area (TPSA) is 13.1 Å². The third-order valence-corrected chi connectivity index (χ3v) is 6.20. The minimum absolute atomic E-state index is 0.930. The molecule has 0 fully saturated rings. The van der Waals surface area contributed by atoms with Crippen LogP contribution in [0.2, 0.25) is 0 Å². The summed E-state index contributed by atoms with van der Waals surface area (Å²) in [4.78, 5) is 0. The summed E-state index contributed by atoms with van der Waals surface area (Å²) < 4.78 is 6.06. The Kier molecular flexibility index (Phi) is 4.40. The zero-order chi connectivity index (χ0) is 21.5. The second kappa shape index (κ2) is 7.55. The van der Waals surface area contributed by atoms with E-state index in [0.717, 1.165) is 22.1 Å². The molecule has 0 radical (unpaired) electrons. The molecule has 0 aliphatic carbocycles. The van der Waals surface area contributed by atoms with E-state index in [1.165, 1.54) is 38.8 Å². The van der Waals surface area contributed by atoms with E-state index in [0.29, 0.717) is 0 Å². The van der Waals surface area contributed by atoms with Gasteiger partial charge in [-0.25, -0.2) is 0 Å². The van der Waals surface area contributed by atoms with Gasteiger partial charge in [0.05, 0.1) is 0 Å². The largest absolute Gasteiger partial charge is 0.456 e. The quantitative estimate of drug-likeness (QED) is 0.284. The Labute approximate surface area is 187 Å². The van der Waals surface area contributed by atoms with Crippen molar-refractivity contribution in [3.8, 4) is 33.4 Å². The Balaban J connectivity index is 1.29. The summed E-state index contributed by atoms with van der Waals surface area (Å²) in [6, 6.07) is 40.9. The summed E-state index contributed by atoms with van der Waals surface area (Å²) in [5.74, 6) is 0. The van der Waals surface area contributed by atoms with E-state index in [1.807, 2.05) is 12.1 Å². The van der Waals surface area contributed by atoms with Crippen LogP contribution in [0.5, 0.6) is 0 Å². The van der Waals surface area contributed by atoms with E-state index in [2.05, 4.69) is 110 Å². The van der Waals surface area contributed by atoms with Crippen molar-refractivity contribution in [1.29, 1.82) is 0 Å². The number of furan rings is 1. The zero-order valence-electron chi connectivity index (χ0n) is 17.9. The van der Waals surface area contributed by atoms with Crippen molar-refractivity contribution in [3.63, 3.8) is 0 Å². The predicted molar refractivity (Wildman–Crippen MR) is 135 cm³/mol. The third-order valence-electron chi connectivity index (χ3n) is 6.20. The van der Waals surface area contributed by atoms with Gasteiger partial charge < -0.3 is 4.42 Å². The highest BCUT2D eigenvalue weighted by Gasteiger charge is 2.08. The molecule has 1 heterocycles. The van der Waals surface area contributed by atoms with Crippen LogP contribution in [0, 0.1) is 6.92 Å². The van der Waals surface area contributed by atoms with Gasteiger partial charge in [-0.05, 0) is 58.5 Å². The van der Waals surface area contributed by atoms with Crippen LogP contribution in [0.3, 0.4) is 0 Å². The summed E-state index contributed by atoms with van der Waals surface area (Å²) in [7, 11) is 0. The number of rotatable bonds is 3. The monoisotopic (exact) mass is 410 g/mol. The number of hydrogen-bond donors (Lipinski definition) is 0. The lowest BCUT2D eigenvalue weighted by molar-refractivity contribution is 0.669. The Bertz CT molecular complexity index is 1530. The van der Waals surface area contributed by atoms with Crippen molar-refractivity contribution in [1.82, 2.24) is 0 Å². The highest BCUT2D eigenvalue weighted by molar-refractivity contribution is 6.05. The minimum atomic E-state index is 0.930. The maximum atomic E-state index is 6.06. The molecule has 6 rings (SSSR count). The van der Waals surface area contributed by atoms with Crippen LogP contribution >= 0.6 is 0 Å². The van der Waals surface area contributed by atoms with Crippen LogP contribution in [-0.4, -0.2) is 0 Å². The summed E-state index contributed by atoms with van der Waals surface area (Å²) in [5.41, 5.74) is 10.4. The molecule has 6 aromatic rings. The van der Waals surface area contributed by atoms with E-state index < -0.39 is 0 Å². The fraction of sp³-hybridized carbons (Fsp3) is 0.0323. The maximum Gasteiger partial charge on any atom is 0.136 e. The molecule has 1 heteroatoms. The molecule has 5 aromatic carbocycles. The molecular formula is C31H22O. The van der Waals surface area contributed by atoms with Gasteiger partial charge in [0.15, 0.2) is 0 Å². The second-order valence-corrected chi connectivity index (χ2v) is 8.33. The van der Waals surface area contributed by atoms with E-state index in [9.17, 15) is 0 Å². The van der Waals surface area contributed by atoms with Crippen molar-refractivity contribution in [2.45, 2.75) is 6.92 Å². The van der Waals surface area contributed by atoms with E-state index >= 15 is 0 Å². The Morgan fingerprint density at radius 1 is 0.406 bits per heavy atom. The normalized spacial score (nSPS) is 11.3. The first-order chi connectivity index (χ1) is 15.7. The van der Waals surface area contributed by atoms with Crippen LogP contribution in [0.1, 0.15) is 5.56 Å². The molecule has 1 nitrogen and oxygen atoms in total. The molecule has 152 valence electrons. The van der Waals surface area contributed by atoms with Gasteiger partial charge in [0.25, 0.3) is 0 Å². The molecule has 0 spiro atoms. The van der Waals surface area contributed by atoms with Crippen LogP contribution in [-0.2, 0) is 0 Å². The van der Waals surface area contributed by atoms with Gasteiger partial charge in [0.1, 0.15) is 11.2 Å². The molecule has 0 unspecified atom stereocenters. The fourth-order valence-electron chi connectivity index (χ4n) is 4.36. The first kappa shape index (κ1) is 18.7. The van der Waals surface area contributed by atoms with Gasteiger partial charge >= 0.3 is 0 Å². The molecule has 0 saturated carbocycles. The van der Waals surface area contributed by atoms with Gasteiger partial charge in [-0.15, -0.1) is 0 Å². The van der Waals surface area contributed by atoms with Crippen molar-refractivity contribution >= 4 is 21.9 Å². The lowest BCUT2D eigenvalue weighted by Gasteiger charge is -2.07. The number of hydrogen-bond acceptors (Lipinski definition) is 1. The first-order valence-corrected chi connectivity index (χ1v) is 10.9. The Morgan fingerprint density at radius 3 is 1.44 bits per heavy atom. The standard InChI is InChI=1S/C31H22O/c1-21-6-8-22(9-7-21)23-10-12-24(13-11-23)25-14-16-26(17-15-25)27-18-19-29-28-4-2-3-5-30(28)32-31(29)20-27/h2-20H,1H3. The lowest BCUT2D eigenvalue weighted by atomic mass is 9.97. The lowest BCUT2D eigenvalue weighted by Crippen LogP contribution is -1.82. The van der Waals surface area contributed by atoms with E-state index in [1.54, 1.807) is 0 Å². The summed E-state index contributed by atoms with van der Waals surface area (Å²) in [5, 5.41) is 2.33. The van der Waals surface area contributed by atoms with E-state index in [4.69, 9.17) is 4.42 Å². The number of aryl methyl sites for hydroxylation is 1. The highest BCUT2D eigenvalue weighted by Crippen LogP contribution is 2.33. The predicted octanol–water partition coefficient (Wildman–Crippen LogP) is 8.90. The first-order valence-electron chi connectivity index (χ1n) is 10.9. The molecule has 0 atom stereocenters. The van der Waals surface area contributed by atoms with Gasteiger partial charge in [0.2, 0.25) is 0 Å². The van der Waals surface area contributed by atoms with Crippen LogP contribution in [0.15, 0.2) is 120 Å². The third kappa shape index (κ3) is 3.29. The number of fused-ring (bicyclic) bond motifs is 3. The summed E-state index contributed by atoms with van der Waals surface area (Å²) in [6.45, 7) is 2.12. The maximum absolute atomic E-state index is 6.06. The highest BCUT2D eigenvalue weighted by atomic mass is 16.3. The van der Waals surface area contributed by atoms with Gasteiger partial charge in [-0.3, -0.25) is 0 Å². The van der Waals surface area contributed by atoms with Crippen LogP contribution in [0.25, 0.3) is 55.3 Å². The molecule has 1 aromatic heterocycles. The molecule has 32 heavy (non-hydrogen) atoms. The molecule has 0 aliphatic rings. The second-order valence-electron chi connectivity index (χ2n) is 8.33. The van der Waals surface area contributed by atoms with Crippen LogP contribution in [0.4, 0.5) is 0 Å². The van der Waals surface area contributed by atoms with Crippen molar-refractivity contribution in [2.24, 2.45) is 0 Å². The molecule has 0 aliphatic heterocycles. The van der Waals surface area contributed by atoms with E-state index in [-0.39, 0.29) is 0 Å². The average Bonchev–Trinajstić information content (AvgIpc) is 3.23. The zero-order valence-corrected chi connectivity index (χ0v) is 17.9. The van der Waals surface area contributed by atoms with Gasteiger partial charge in [-0.1, -0.05) is 103 Å². The van der Waals surface area contributed by atoms with Crippen LogP contribution < -0.4 is 0 Å².